The van der Waals surface area contributed by atoms with Gasteiger partial charge in [0.2, 0.25) is 0 Å². The van der Waals surface area contributed by atoms with E-state index in [4.69, 9.17) is 5.73 Å². The number of hydrogen-bond acceptors (Lipinski definition) is 1. The molecule has 0 aliphatic carbocycles. The maximum atomic E-state index is 7.51. The molecule has 40 heavy (non-hydrogen) atoms. The van der Waals surface area contributed by atoms with Crippen molar-refractivity contribution in [2.45, 2.75) is 128 Å². The fourth-order valence-corrected chi connectivity index (χ4v) is 6.38. The van der Waals surface area contributed by atoms with E-state index in [-0.39, 0.29) is 5.54 Å². The van der Waals surface area contributed by atoms with Crippen molar-refractivity contribution in [1.29, 1.82) is 0 Å². The summed E-state index contributed by atoms with van der Waals surface area (Å²) in [5.74, 6) is 0.438. The van der Waals surface area contributed by atoms with Gasteiger partial charge in [0.15, 0.2) is 0 Å². The van der Waals surface area contributed by atoms with Crippen LogP contribution in [0.15, 0.2) is 91.0 Å². The van der Waals surface area contributed by atoms with Gasteiger partial charge in [-0.1, -0.05) is 188 Å². The van der Waals surface area contributed by atoms with Crippen LogP contribution in [0.4, 0.5) is 0 Å². The Morgan fingerprint density at radius 2 is 0.825 bits per heavy atom. The van der Waals surface area contributed by atoms with Gasteiger partial charge in [0, 0.05) is 5.54 Å². The van der Waals surface area contributed by atoms with Crippen molar-refractivity contribution in [3.63, 3.8) is 0 Å². The highest BCUT2D eigenvalue weighted by molar-refractivity contribution is 5.25. The molecule has 0 fully saturated rings. The standard InChI is InChI=1S/C39H57N/c1-2-3-4-5-6-7-8-9-10-11-12-13-14-24-31-38(32-35-25-18-15-19-26-35)39(40,33-36-27-20-16-21-28-36)34-37-29-22-17-23-30-37/h15-23,25-30,38H,2-14,24,31-34,40H2,1H3. The molecular weight excluding hydrogens is 482 g/mol. The highest BCUT2D eigenvalue weighted by atomic mass is 14.8. The third kappa shape index (κ3) is 12.9. The lowest BCUT2D eigenvalue weighted by Gasteiger charge is -2.39. The zero-order valence-corrected chi connectivity index (χ0v) is 25.5. The molecule has 0 aliphatic rings. The third-order valence-electron chi connectivity index (χ3n) is 8.80. The summed E-state index contributed by atoms with van der Waals surface area (Å²) < 4.78 is 0. The topological polar surface area (TPSA) is 26.0 Å². The van der Waals surface area contributed by atoms with E-state index >= 15 is 0 Å². The van der Waals surface area contributed by atoms with Crippen LogP contribution in [0, 0.1) is 5.92 Å². The van der Waals surface area contributed by atoms with Crippen molar-refractivity contribution in [3.05, 3.63) is 108 Å². The zero-order chi connectivity index (χ0) is 28.1. The number of rotatable bonds is 22. The number of hydrogen-bond donors (Lipinski definition) is 1. The Hall–Kier alpha value is -2.38. The second-order valence-corrected chi connectivity index (χ2v) is 12.3. The van der Waals surface area contributed by atoms with Crippen molar-refractivity contribution < 1.29 is 0 Å². The van der Waals surface area contributed by atoms with E-state index in [1.807, 2.05) is 0 Å². The van der Waals surface area contributed by atoms with Gasteiger partial charge in [0.05, 0.1) is 0 Å². The van der Waals surface area contributed by atoms with Gasteiger partial charge in [0.25, 0.3) is 0 Å². The van der Waals surface area contributed by atoms with Crippen LogP contribution >= 0.6 is 0 Å². The predicted octanol–water partition coefficient (Wildman–Crippen LogP) is 10.9. The molecular formula is C39H57N. The first-order chi connectivity index (χ1) is 19.7. The van der Waals surface area contributed by atoms with Gasteiger partial charge in [-0.15, -0.1) is 0 Å². The van der Waals surface area contributed by atoms with Gasteiger partial charge < -0.3 is 5.73 Å². The van der Waals surface area contributed by atoms with Crippen LogP contribution in [0.2, 0.25) is 0 Å². The second kappa shape index (κ2) is 19.7. The van der Waals surface area contributed by atoms with Gasteiger partial charge in [-0.3, -0.25) is 0 Å². The lowest BCUT2D eigenvalue weighted by Crippen LogP contribution is -2.52. The molecule has 3 aromatic carbocycles. The van der Waals surface area contributed by atoms with Crippen LogP contribution < -0.4 is 5.73 Å². The predicted molar refractivity (Wildman–Crippen MR) is 176 cm³/mol. The molecule has 218 valence electrons. The first-order valence-electron chi connectivity index (χ1n) is 16.6. The first-order valence-corrected chi connectivity index (χ1v) is 16.6. The molecule has 2 N–H and O–H groups in total. The number of unbranched alkanes of at least 4 members (excludes halogenated alkanes) is 13. The Morgan fingerprint density at radius 1 is 0.475 bits per heavy atom. The van der Waals surface area contributed by atoms with Crippen LogP contribution in [0.5, 0.6) is 0 Å². The fourth-order valence-electron chi connectivity index (χ4n) is 6.38. The summed E-state index contributed by atoms with van der Waals surface area (Å²) >= 11 is 0. The van der Waals surface area contributed by atoms with Crippen molar-refractivity contribution in [2.24, 2.45) is 11.7 Å². The van der Waals surface area contributed by atoms with Crippen molar-refractivity contribution >= 4 is 0 Å². The SMILES string of the molecule is CCCCCCCCCCCCCCCCC(Cc1ccccc1)C(N)(Cc1ccccc1)Cc1ccccc1. The summed E-state index contributed by atoms with van der Waals surface area (Å²) in [6, 6.07) is 32.8. The zero-order valence-electron chi connectivity index (χ0n) is 25.5. The summed E-state index contributed by atoms with van der Waals surface area (Å²) in [5, 5.41) is 0. The molecule has 1 unspecified atom stereocenters. The molecule has 1 nitrogen and oxygen atoms in total. The van der Waals surface area contributed by atoms with E-state index in [0.717, 1.165) is 19.3 Å². The summed E-state index contributed by atoms with van der Waals surface area (Å²) in [6.45, 7) is 2.30. The van der Waals surface area contributed by atoms with Crippen LogP contribution in [-0.4, -0.2) is 5.54 Å². The van der Waals surface area contributed by atoms with E-state index in [0.29, 0.717) is 5.92 Å². The lowest BCUT2D eigenvalue weighted by atomic mass is 9.71. The highest BCUT2D eigenvalue weighted by Crippen LogP contribution is 2.32. The molecule has 1 heteroatoms. The smallest absolute Gasteiger partial charge is 0.0267 e. The van der Waals surface area contributed by atoms with Gasteiger partial charge in [-0.25, -0.2) is 0 Å². The van der Waals surface area contributed by atoms with Gasteiger partial charge in [0.1, 0.15) is 0 Å². The average Bonchev–Trinajstić information content (AvgIpc) is 2.98. The molecule has 0 spiro atoms. The monoisotopic (exact) mass is 539 g/mol. The minimum Gasteiger partial charge on any atom is -0.324 e. The van der Waals surface area contributed by atoms with Crippen molar-refractivity contribution in [3.8, 4) is 0 Å². The summed E-state index contributed by atoms with van der Waals surface area (Å²) in [6.07, 6.45) is 23.7. The van der Waals surface area contributed by atoms with Crippen LogP contribution in [0.1, 0.15) is 120 Å². The lowest BCUT2D eigenvalue weighted by molar-refractivity contribution is 0.241. The molecule has 1 atom stereocenters. The van der Waals surface area contributed by atoms with Gasteiger partial charge in [-0.2, -0.15) is 0 Å². The molecule has 0 aromatic heterocycles. The Labute approximate surface area is 247 Å². The van der Waals surface area contributed by atoms with E-state index in [2.05, 4.69) is 97.9 Å². The molecule has 0 amide bonds. The normalized spacial score (nSPS) is 12.4. The Balaban J connectivity index is 1.51. The average molecular weight is 540 g/mol. The van der Waals surface area contributed by atoms with Crippen LogP contribution in [0.25, 0.3) is 0 Å². The minimum absolute atomic E-state index is 0.283. The second-order valence-electron chi connectivity index (χ2n) is 12.3. The third-order valence-corrected chi connectivity index (χ3v) is 8.80. The van der Waals surface area contributed by atoms with E-state index in [1.54, 1.807) is 0 Å². The van der Waals surface area contributed by atoms with Crippen LogP contribution in [0.3, 0.4) is 0 Å². The highest BCUT2D eigenvalue weighted by Gasteiger charge is 2.35. The van der Waals surface area contributed by atoms with E-state index in [1.165, 1.54) is 113 Å². The summed E-state index contributed by atoms with van der Waals surface area (Å²) in [5.41, 5.74) is 11.3. The minimum atomic E-state index is -0.283. The molecule has 0 radical (unpaired) electrons. The molecule has 3 aromatic rings. The maximum Gasteiger partial charge on any atom is 0.0267 e. The molecule has 0 saturated heterocycles. The first kappa shape index (κ1) is 32.1. The molecule has 0 heterocycles. The van der Waals surface area contributed by atoms with Gasteiger partial charge >= 0.3 is 0 Å². The Morgan fingerprint density at radius 3 is 1.23 bits per heavy atom. The van der Waals surface area contributed by atoms with Crippen LogP contribution in [-0.2, 0) is 19.3 Å². The Kier molecular flexibility index (Phi) is 15.8. The van der Waals surface area contributed by atoms with E-state index < -0.39 is 0 Å². The quantitative estimate of drug-likeness (QED) is 0.126. The maximum absolute atomic E-state index is 7.51. The summed E-state index contributed by atoms with van der Waals surface area (Å²) in [7, 11) is 0. The number of benzene rings is 3. The molecule has 3 rings (SSSR count). The van der Waals surface area contributed by atoms with Crippen molar-refractivity contribution in [2.75, 3.05) is 0 Å². The molecule has 0 aliphatic heterocycles. The van der Waals surface area contributed by atoms with Gasteiger partial charge in [-0.05, 0) is 48.3 Å². The molecule has 0 bridgehead atoms. The fraction of sp³-hybridized carbons (Fsp3) is 0.538. The molecule has 0 saturated carbocycles. The summed E-state index contributed by atoms with van der Waals surface area (Å²) in [4.78, 5) is 0. The Bertz CT molecular complexity index is 940. The van der Waals surface area contributed by atoms with Crippen molar-refractivity contribution in [1.82, 2.24) is 0 Å². The number of nitrogens with two attached hydrogens (primary N) is 1. The largest absolute Gasteiger partial charge is 0.324 e. The van der Waals surface area contributed by atoms with E-state index in [9.17, 15) is 0 Å².